The van der Waals surface area contributed by atoms with Crippen LogP contribution in [0.2, 0.25) is 0 Å². The van der Waals surface area contributed by atoms with Crippen molar-refractivity contribution in [3.63, 3.8) is 0 Å². The maximum absolute atomic E-state index is 12.7. The minimum atomic E-state index is -0.883. The van der Waals surface area contributed by atoms with Crippen molar-refractivity contribution in [3.05, 3.63) is 0 Å². The van der Waals surface area contributed by atoms with E-state index in [0.717, 1.165) is 64.2 Å². The number of carboxylic acid groups (broad SMARTS) is 2. The summed E-state index contributed by atoms with van der Waals surface area (Å²) in [5, 5.41) is 20.5. The number of carboxylic acids is 2. The molecule has 0 aromatic rings. The van der Waals surface area contributed by atoms with Gasteiger partial charge in [0.25, 0.3) is 0 Å². The van der Waals surface area contributed by atoms with E-state index in [1.54, 1.807) is 0 Å². The molecule has 0 bridgehead atoms. The maximum atomic E-state index is 12.7. The zero-order valence-electron chi connectivity index (χ0n) is 17.7. The lowest BCUT2D eigenvalue weighted by Crippen LogP contribution is -2.51. The van der Waals surface area contributed by atoms with Crippen LogP contribution in [-0.4, -0.2) is 22.2 Å². The second kappa shape index (κ2) is 9.43. The van der Waals surface area contributed by atoms with Crippen LogP contribution in [0.3, 0.4) is 0 Å². The van der Waals surface area contributed by atoms with Gasteiger partial charge in [-0.05, 0) is 67.6 Å². The zero-order valence-corrected chi connectivity index (χ0v) is 17.7. The van der Waals surface area contributed by atoms with E-state index in [2.05, 4.69) is 27.7 Å². The highest BCUT2D eigenvalue weighted by atomic mass is 16.4. The lowest BCUT2D eigenvalue weighted by atomic mass is 9.51. The van der Waals surface area contributed by atoms with E-state index in [0.29, 0.717) is 17.8 Å². The summed E-state index contributed by atoms with van der Waals surface area (Å²) in [6, 6.07) is 0. The van der Waals surface area contributed by atoms with Crippen molar-refractivity contribution >= 4 is 11.9 Å². The van der Waals surface area contributed by atoms with Gasteiger partial charge in [-0.25, -0.2) is 0 Å². The molecule has 0 aromatic heterocycles. The number of aliphatic carboxylic acids is 2. The first-order valence-corrected chi connectivity index (χ1v) is 11.1. The van der Waals surface area contributed by atoms with Crippen LogP contribution in [0.15, 0.2) is 0 Å². The van der Waals surface area contributed by atoms with E-state index in [1.807, 2.05) is 0 Å². The normalized spacial score (nSPS) is 29.2. The van der Waals surface area contributed by atoms with Crippen molar-refractivity contribution < 1.29 is 19.8 Å². The topological polar surface area (TPSA) is 74.6 Å². The second-order valence-electron chi connectivity index (χ2n) is 10.1. The number of hydrogen-bond donors (Lipinski definition) is 2. The molecule has 27 heavy (non-hydrogen) atoms. The summed E-state index contributed by atoms with van der Waals surface area (Å²) in [6.45, 7) is 8.73. The summed E-state index contributed by atoms with van der Waals surface area (Å²) in [7, 11) is 0. The first kappa shape index (κ1) is 22.2. The molecule has 2 fully saturated rings. The maximum Gasteiger partial charge on any atom is 0.307 e. The van der Waals surface area contributed by atoms with Crippen LogP contribution in [0, 0.1) is 40.9 Å². The molecular weight excluding hydrogens is 340 g/mol. The van der Waals surface area contributed by atoms with Gasteiger partial charge in [0.05, 0.1) is 11.8 Å². The highest BCUT2D eigenvalue weighted by Crippen LogP contribution is 2.57. The first-order valence-electron chi connectivity index (χ1n) is 11.1. The molecule has 2 N–H and O–H groups in total. The third-order valence-corrected chi connectivity index (χ3v) is 7.24. The van der Waals surface area contributed by atoms with E-state index in [-0.39, 0.29) is 11.3 Å². The molecule has 0 aromatic carbocycles. The highest BCUT2D eigenvalue weighted by molar-refractivity contribution is 5.81. The Balaban J connectivity index is 2.52. The number of hydrogen-bond acceptors (Lipinski definition) is 2. The van der Waals surface area contributed by atoms with Crippen molar-refractivity contribution in [1.29, 1.82) is 0 Å². The minimum absolute atomic E-state index is 0.0225. The molecule has 0 amide bonds. The van der Waals surface area contributed by atoms with Crippen LogP contribution in [0.25, 0.3) is 0 Å². The second-order valence-corrected chi connectivity index (χ2v) is 10.1. The van der Waals surface area contributed by atoms with Gasteiger partial charge in [-0.1, -0.05) is 53.4 Å². The summed E-state index contributed by atoms with van der Waals surface area (Å²) in [4.78, 5) is 25.0. The van der Waals surface area contributed by atoms with E-state index in [1.165, 1.54) is 0 Å². The Morgan fingerprint density at radius 2 is 1.48 bits per heavy atom. The van der Waals surface area contributed by atoms with Gasteiger partial charge < -0.3 is 10.2 Å². The van der Waals surface area contributed by atoms with E-state index < -0.39 is 23.8 Å². The fraction of sp³-hybridized carbons (Fsp3) is 0.913. The molecule has 2 saturated carbocycles. The standard InChI is InChI=1S/C23H40O4/c1-15(2)13-18-11-7-8-12-23(18,14-16(3)4)20(22(26)27)19(21(24)25)17-9-5-6-10-17/h15-20H,5-14H2,1-4H3,(H,24,25)(H,26,27). The molecule has 4 unspecified atom stereocenters. The molecule has 4 nitrogen and oxygen atoms in total. The molecule has 2 rings (SSSR count). The Labute approximate surface area is 165 Å². The van der Waals surface area contributed by atoms with Crippen LogP contribution >= 0.6 is 0 Å². The van der Waals surface area contributed by atoms with Crippen LogP contribution in [0.5, 0.6) is 0 Å². The lowest BCUT2D eigenvalue weighted by Gasteiger charge is -2.52. The van der Waals surface area contributed by atoms with Gasteiger partial charge in [-0.2, -0.15) is 0 Å². The molecule has 156 valence electrons. The lowest BCUT2D eigenvalue weighted by molar-refractivity contribution is -0.169. The summed E-state index contributed by atoms with van der Waals surface area (Å²) in [5.41, 5.74) is -0.381. The smallest absolute Gasteiger partial charge is 0.307 e. The zero-order chi connectivity index (χ0) is 20.2. The Hall–Kier alpha value is -1.06. The average molecular weight is 381 g/mol. The molecule has 2 aliphatic carbocycles. The molecule has 0 radical (unpaired) electrons. The minimum Gasteiger partial charge on any atom is -0.481 e. The Bertz CT molecular complexity index is 507. The largest absolute Gasteiger partial charge is 0.481 e. The van der Waals surface area contributed by atoms with Crippen molar-refractivity contribution in [1.82, 2.24) is 0 Å². The summed E-state index contributed by atoms with van der Waals surface area (Å²) in [5.74, 6) is -2.04. The van der Waals surface area contributed by atoms with Crippen molar-refractivity contribution in [2.24, 2.45) is 40.9 Å². The molecule has 2 aliphatic rings. The van der Waals surface area contributed by atoms with Crippen LogP contribution < -0.4 is 0 Å². The SMILES string of the molecule is CC(C)CC1CCCCC1(CC(C)C)C(C(=O)O)C(C(=O)O)C1CCCC1. The molecule has 0 spiro atoms. The molecule has 0 aliphatic heterocycles. The third-order valence-electron chi connectivity index (χ3n) is 7.24. The summed E-state index contributed by atoms with van der Waals surface area (Å²) in [6.07, 6.45) is 9.74. The highest BCUT2D eigenvalue weighted by Gasteiger charge is 2.56. The molecule has 0 saturated heterocycles. The van der Waals surface area contributed by atoms with Crippen LogP contribution in [-0.2, 0) is 9.59 Å². The molecule has 4 atom stereocenters. The third kappa shape index (κ3) is 5.06. The fourth-order valence-corrected chi connectivity index (χ4v) is 6.51. The summed E-state index contributed by atoms with van der Waals surface area (Å²) >= 11 is 0. The predicted molar refractivity (Wildman–Crippen MR) is 108 cm³/mol. The number of carbonyl (C=O) groups is 2. The first-order chi connectivity index (χ1) is 12.7. The van der Waals surface area contributed by atoms with Crippen LogP contribution in [0.1, 0.15) is 91.9 Å². The fourth-order valence-electron chi connectivity index (χ4n) is 6.51. The Kier molecular flexibility index (Phi) is 7.76. The molecule has 0 heterocycles. The molecule has 4 heteroatoms. The van der Waals surface area contributed by atoms with Gasteiger partial charge in [0.1, 0.15) is 0 Å². The van der Waals surface area contributed by atoms with Gasteiger partial charge in [0, 0.05) is 0 Å². The van der Waals surface area contributed by atoms with Gasteiger partial charge in [-0.3, -0.25) is 9.59 Å². The van der Waals surface area contributed by atoms with E-state index >= 15 is 0 Å². The average Bonchev–Trinajstić information content (AvgIpc) is 3.06. The monoisotopic (exact) mass is 380 g/mol. The quantitative estimate of drug-likeness (QED) is 0.526. The predicted octanol–water partition coefficient (Wildman–Crippen LogP) is 5.85. The van der Waals surface area contributed by atoms with Gasteiger partial charge >= 0.3 is 11.9 Å². The van der Waals surface area contributed by atoms with Crippen LogP contribution in [0.4, 0.5) is 0 Å². The van der Waals surface area contributed by atoms with Crippen molar-refractivity contribution in [2.75, 3.05) is 0 Å². The summed E-state index contributed by atoms with van der Waals surface area (Å²) < 4.78 is 0. The van der Waals surface area contributed by atoms with E-state index in [9.17, 15) is 19.8 Å². The van der Waals surface area contributed by atoms with Crippen molar-refractivity contribution in [2.45, 2.75) is 91.9 Å². The van der Waals surface area contributed by atoms with Gasteiger partial charge in [-0.15, -0.1) is 0 Å². The van der Waals surface area contributed by atoms with Crippen molar-refractivity contribution in [3.8, 4) is 0 Å². The molecular formula is C23H40O4. The van der Waals surface area contributed by atoms with Gasteiger partial charge in [0.2, 0.25) is 0 Å². The van der Waals surface area contributed by atoms with Gasteiger partial charge in [0.15, 0.2) is 0 Å². The Morgan fingerprint density at radius 3 is 1.96 bits per heavy atom. The van der Waals surface area contributed by atoms with E-state index in [4.69, 9.17) is 0 Å². The Morgan fingerprint density at radius 1 is 0.889 bits per heavy atom. The number of rotatable bonds is 9.